The number of H-pyrrole nitrogens is 1. The van der Waals surface area contributed by atoms with Gasteiger partial charge in [-0.1, -0.05) is 53.2 Å². The Labute approximate surface area is 198 Å². The van der Waals surface area contributed by atoms with Crippen molar-refractivity contribution in [2.45, 2.75) is 38.4 Å². The van der Waals surface area contributed by atoms with Crippen molar-refractivity contribution in [2.24, 2.45) is 0 Å². The number of nitrogens with zero attached hydrogens (tertiary/aromatic N) is 3. The highest BCUT2D eigenvalue weighted by Crippen LogP contribution is 2.32. The molecule has 2 aromatic carbocycles. The number of halogens is 1. The number of hydrogen-bond acceptors (Lipinski definition) is 4. The number of carbonyl (C=O) groups is 1. The molecule has 0 saturated heterocycles. The molecule has 0 aliphatic rings. The average Bonchev–Trinajstić information content (AvgIpc) is 3.32. The standard InChI is InChI=1S/C24H23BrN4O2S/c1-3-6-22-26-24(28-27-22)32-21(23(30)31)13-19-15(2)29(20-8-5-4-7-18(19)20)14-16-9-11-17(25)12-10-16/h4-5,7-13H,3,6,14H2,1-2H3,(H,30,31)(H,26,27,28)/b21-13-. The average molecular weight is 511 g/mol. The van der Waals surface area contributed by atoms with Gasteiger partial charge in [0.1, 0.15) is 10.7 Å². The Morgan fingerprint density at radius 2 is 1.97 bits per heavy atom. The number of aryl methyl sites for hydroxylation is 1. The molecule has 8 heteroatoms. The minimum absolute atomic E-state index is 0.182. The van der Waals surface area contributed by atoms with Gasteiger partial charge >= 0.3 is 5.97 Å². The monoisotopic (exact) mass is 510 g/mol. The first-order chi connectivity index (χ1) is 15.5. The van der Waals surface area contributed by atoms with E-state index in [0.29, 0.717) is 11.7 Å². The molecule has 6 nitrogen and oxygen atoms in total. The molecule has 0 amide bonds. The predicted octanol–water partition coefficient (Wildman–Crippen LogP) is 6.05. The molecule has 32 heavy (non-hydrogen) atoms. The molecule has 0 aliphatic carbocycles. The van der Waals surface area contributed by atoms with E-state index in [4.69, 9.17) is 0 Å². The van der Waals surface area contributed by atoms with Gasteiger partial charge in [-0.25, -0.2) is 9.78 Å². The fourth-order valence-electron chi connectivity index (χ4n) is 3.65. The molecule has 2 aromatic heterocycles. The van der Waals surface area contributed by atoms with E-state index in [2.05, 4.69) is 60.8 Å². The molecule has 0 fully saturated rings. The Kier molecular flexibility index (Phi) is 6.81. The highest BCUT2D eigenvalue weighted by molar-refractivity contribution is 9.10. The smallest absolute Gasteiger partial charge is 0.342 e. The lowest BCUT2D eigenvalue weighted by molar-refractivity contribution is -0.131. The number of thioether (sulfide) groups is 1. The summed E-state index contributed by atoms with van der Waals surface area (Å²) in [5.74, 6) is -0.233. The van der Waals surface area contributed by atoms with Crippen molar-refractivity contribution in [1.29, 1.82) is 0 Å². The first-order valence-electron chi connectivity index (χ1n) is 10.3. The molecule has 164 valence electrons. The summed E-state index contributed by atoms with van der Waals surface area (Å²) in [6, 6.07) is 16.3. The van der Waals surface area contributed by atoms with Crippen LogP contribution in [0.4, 0.5) is 0 Å². The van der Waals surface area contributed by atoms with Crippen molar-refractivity contribution in [3.05, 3.63) is 80.6 Å². The van der Waals surface area contributed by atoms with Gasteiger partial charge in [0.15, 0.2) is 0 Å². The van der Waals surface area contributed by atoms with Crippen LogP contribution in [0.2, 0.25) is 0 Å². The third kappa shape index (κ3) is 4.81. The first kappa shape index (κ1) is 22.4. The van der Waals surface area contributed by atoms with Crippen LogP contribution in [-0.2, 0) is 17.8 Å². The normalized spacial score (nSPS) is 11.9. The quantitative estimate of drug-likeness (QED) is 0.222. The van der Waals surface area contributed by atoms with Gasteiger partial charge in [0, 0.05) is 39.6 Å². The summed E-state index contributed by atoms with van der Waals surface area (Å²) < 4.78 is 3.26. The summed E-state index contributed by atoms with van der Waals surface area (Å²) in [6.45, 7) is 4.79. The third-order valence-electron chi connectivity index (χ3n) is 5.22. The number of para-hydroxylation sites is 1. The van der Waals surface area contributed by atoms with Crippen molar-refractivity contribution in [1.82, 2.24) is 19.7 Å². The second-order valence-electron chi connectivity index (χ2n) is 7.46. The van der Waals surface area contributed by atoms with Crippen LogP contribution in [0.25, 0.3) is 17.0 Å². The third-order valence-corrected chi connectivity index (χ3v) is 6.63. The Hall–Kier alpha value is -2.84. The van der Waals surface area contributed by atoms with Crippen LogP contribution in [0.3, 0.4) is 0 Å². The highest BCUT2D eigenvalue weighted by Gasteiger charge is 2.18. The first-order valence-corrected chi connectivity index (χ1v) is 11.9. The summed E-state index contributed by atoms with van der Waals surface area (Å²) in [5, 5.41) is 18.3. The number of benzene rings is 2. The maximum absolute atomic E-state index is 12.1. The Morgan fingerprint density at radius 3 is 2.69 bits per heavy atom. The molecule has 2 heterocycles. The van der Waals surface area contributed by atoms with E-state index in [0.717, 1.165) is 57.1 Å². The fraction of sp³-hybridized carbons (Fsp3) is 0.208. The summed E-state index contributed by atoms with van der Waals surface area (Å²) >= 11 is 4.55. The molecule has 0 spiro atoms. The topological polar surface area (TPSA) is 83.8 Å². The largest absolute Gasteiger partial charge is 0.477 e. The Morgan fingerprint density at radius 1 is 1.22 bits per heavy atom. The summed E-state index contributed by atoms with van der Waals surface area (Å²) in [6.07, 6.45) is 3.46. The van der Waals surface area contributed by atoms with Gasteiger partial charge in [-0.3, -0.25) is 5.10 Å². The second-order valence-corrected chi connectivity index (χ2v) is 9.38. The molecule has 0 aliphatic heterocycles. The molecule has 0 bridgehead atoms. The Balaban J connectivity index is 1.74. The Bertz CT molecular complexity index is 1290. The lowest BCUT2D eigenvalue weighted by atomic mass is 10.1. The van der Waals surface area contributed by atoms with Crippen LogP contribution in [0.1, 0.15) is 36.0 Å². The van der Waals surface area contributed by atoms with Crippen molar-refractivity contribution in [3.63, 3.8) is 0 Å². The second kappa shape index (κ2) is 9.75. The molecular weight excluding hydrogens is 488 g/mol. The van der Waals surface area contributed by atoms with Crippen LogP contribution in [0, 0.1) is 6.92 Å². The zero-order chi connectivity index (χ0) is 22.7. The molecule has 0 unspecified atom stereocenters. The molecule has 4 aromatic rings. The van der Waals surface area contributed by atoms with Crippen molar-refractivity contribution < 1.29 is 9.90 Å². The number of nitrogens with one attached hydrogen (secondary N) is 1. The molecule has 0 radical (unpaired) electrons. The zero-order valence-corrected chi connectivity index (χ0v) is 20.2. The van der Waals surface area contributed by atoms with Gasteiger partial charge in [0.05, 0.1) is 0 Å². The van der Waals surface area contributed by atoms with E-state index < -0.39 is 5.97 Å². The van der Waals surface area contributed by atoms with Crippen LogP contribution >= 0.6 is 27.7 Å². The molecule has 0 saturated carbocycles. The number of carboxylic acids is 1. The van der Waals surface area contributed by atoms with Crippen LogP contribution < -0.4 is 0 Å². The number of hydrogen-bond donors (Lipinski definition) is 2. The van der Waals surface area contributed by atoms with E-state index in [1.165, 1.54) is 5.56 Å². The van der Waals surface area contributed by atoms with Crippen LogP contribution in [-0.4, -0.2) is 30.8 Å². The lowest BCUT2D eigenvalue weighted by Crippen LogP contribution is -2.02. The summed E-state index contributed by atoms with van der Waals surface area (Å²) in [4.78, 5) is 16.6. The minimum Gasteiger partial charge on any atom is -0.477 e. The van der Waals surface area contributed by atoms with Gasteiger partial charge in [-0.2, -0.15) is 0 Å². The highest BCUT2D eigenvalue weighted by atomic mass is 79.9. The van der Waals surface area contributed by atoms with E-state index in [1.54, 1.807) is 6.08 Å². The van der Waals surface area contributed by atoms with E-state index in [-0.39, 0.29) is 4.91 Å². The lowest BCUT2D eigenvalue weighted by Gasteiger charge is -2.09. The summed E-state index contributed by atoms with van der Waals surface area (Å²) in [7, 11) is 0. The van der Waals surface area contributed by atoms with Gasteiger partial charge in [0.2, 0.25) is 5.16 Å². The molecular formula is C24H23BrN4O2S. The van der Waals surface area contributed by atoms with Gasteiger partial charge < -0.3 is 9.67 Å². The molecule has 4 rings (SSSR count). The van der Waals surface area contributed by atoms with Crippen LogP contribution in [0.15, 0.2) is 63.1 Å². The van der Waals surface area contributed by atoms with Crippen LogP contribution in [0.5, 0.6) is 0 Å². The molecule has 2 N–H and O–H groups in total. The maximum atomic E-state index is 12.1. The van der Waals surface area contributed by atoms with Crippen molar-refractivity contribution in [3.8, 4) is 0 Å². The molecule has 0 atom stereocenters. The van der Waals surface area contributed by atoms with Crippen molar-refractivity contribution >= 4 is 50.6 Å². The van der Waals surface area contributed by atoms with Gasteiger partial charge in [-0.15, -0.1) is 5.10 Å². The number of fused-ring (bicyclic) bond motifs is 1. The maximum Gasteiger partial charge on any atom is 0.342 e. The fourth-order valence-corrected chi connectivity index (χ4v) is 4.62. The number of aliphatic carboxylic acids is 1. The number of rotatable bonds is 8. The number of aromatic amines is 1. The number of carboxylic acid groups (broad SMARTS) is 1. The van der Waals surface area contributed by atoms with E-state index >= 15 is 0 Å². The van der Waals surface area contributed by atoms with E-state index in [9.17, 15) is 9.90 Å². The minimum atomic E-state index is -0.999. The van der Waals surface area contributed by atoms with E-state index in [1.807, 2.05) is 37.3 Å². The van der Waals surface area contributed by atoms with Crippen molar-refractivity contribution in [2.75, 3.05) is 0 Å². The predicted molar refractivity (Wildman–Crippen MR) is 132 cm³/mol. The van der Waals surface area contributed by atoms with Gasteiger partial charge in [-0.05, 0) is 54.9 Å². The number of aromatic nitrogens is 4. The summed E-state index contributed by atoms with van der Waals surface area (Å²) in [5.41, 5.74) is 4.14. The zero-order valence-electron chi connectivity index (χ0n) is 17.8. The van der Waals surface area contributed by atoms with Gasteiger partial charge in [0.25, 0.3) is 0 Å². The SMILES string of the molecule is CCCc1nc(S/C(=C\c2c(C)n(Cc3ccc(Br)cc3)c3ccccc23)C(=O)O)n[nH]1.